The third-order valence-electron chi connectivity index (χ3n) is 4.10. The Morgan fingerprint density at radius 1 is 1.05 bits per heavy atom. The van der Waals surface area contributed by atoms with Gasteiger partial charge in [0.15, 0.2) is 0 Å². The molecule has 0 saturated carbocycles. The average molecular weight is 265 g/mol. The van der Waals surface area contributed by atoms with Crippen molar-refractivity contribution in [2.45, 2.75) is 18.8 Å². The van der Waals surface area contributed by atoms with Crippen LogP contribution in [0.4, 0.5) is 0 Å². The molecule has 3 rings (SSSR count). The molecule has 1 aliphatic rings. The standard InChI is InChI=1S/C18H19NO/c20-14-19-11-10-17(13-19)18-9-5-4-8-16(18)12-15-6-2-1-3-7-15/h1-9,14,17H,10-13H2. The van der Waals surface area contributed by atoms with Crippen molar-refractivity contribution in [3.63, 3.8) is 0 Å². The van der Waals surface area contributed by atoms with E-state index in [0.717, 1.165) is 32.3 Å². The lowest BCUT2D eigenvalue weighted by Crippen LogP contribution is -2.17. The summed E-state index contributed by atoms with van der Waals surface area (Å²) in [4.78, 5) is 12.8. The Hall–Kier alpha value is -2.09. The Morgan fingerprint density at radius 2 is 1.80 bits per heavy atom. The van der Waals surface area contributed by atoms with Crippen molar-refractivity contribution < 1.29 is 4.79 Å². The van der Waals surface area contributed by atoms with Crippen LogP contribution in [0.25, 0.3) is 0 Å². The molecule has 1 heterocycles. The number of carbonyl (C=O) groups excluding carboxylic acids is 1. The van der Waals surface area contributed by atoms with E-state index in [1.165, 1.54) is 16.7 Å². The molecule has 0 bridgehead atoms. The first-order valence-electron chi connectivity index (χ1n) is 7.18. The molecule has 2 nitrogen and oxygen atoms in total. The van der Waals surface area contributed by atoms with Gasteiger partial charge in [0.2, 0.25) is 6.41 Å². The summed E-state index contributed by atoms with van der Waals surface area (Å²) < 4.78 is 0. The van der Waals surface area contributed by atoms with E-state index in [-0.39, 0.29) is 0 Å². The molecule has 1 amide bonds. The Kier molecular flexibility index (Phi) is 3.82. The van der Waals surface area contributed by atoms with E-state index in [0.29, 0.717) is 5.92 Å². The first-order valence-corrected chi connectivity index (χ1v) is 7.18. The highest BCUT2D eigenvalue weighted by Gasteiger charge is 2.24. The molecule has 1 aliphatic heterocycles. The monoisotopic (exact) mass is 265 g/mol. The van der Waals surface area contributed by atoms with Gasteiger partial charge in [-0.15, -0.1) is 0 Å². The summed E-state index contributed by atoms with van der Waals surface area (Å²) >= 11 is 0. The van der Waals surface area contributed by atoms with Crippen LogP contribution in [-0.4, -0.2) is 24.4 Å². The maximum atomic E-state index is 10.9. The molecule has 20 heavy (non-hydrogen) atoms. The van der Waals surface area contributed by atoms with Crippen molar-refractivity contribution >= 4 is 6.41 Å². The van der Waals surface area contributed by atoms with Gasteiger partial charge in [-0.2, -0.15) is 0 Å². The maximum absolute atomic E-state index is 10.9. The van der Waals surface area contributed by atoms with Crippen molar-refractivity contribution in [3.05, 3.63) is 71.3 Å². The lowest BCUT2D eigenvalue weighted by atomic mass is 9.90. The molecule has 2 aromatic rings. The molecule has 0 aromatic heterocycles. The summed E-state index contributed by atoms with van der Waals surface area (Å²) in [6, 6.07) is 19.2. The van der Waals surface area contributed by atoms with Crippen molar-refractivity contribution in [2.75, 3.05) is 13.1 Å². The van der Waals surface area contributed by atoms with Crippen molar-refractivity contribution in [1.82, 2.24) is 4.90 Å². The SMILES string of the molecule is O=CN1CCC(c2ccccc2Cc2ccccc2)C1. The summed E-state index contributed by atoms with van der Waals surface area (Å²) in [5, 5.41) is 0. The topological polar surface area (TPSA) is 20.3 Å². The molecule has 0 spiro atoms. The Morgan fingerprint density at radius 3 is 2.55 bits per heavy atom. The van der Waals surface area contributed by atoms with Crippen molar-refractivity contribution in [3.8, 4) is 0 Å². The smallest absolute Gasteiger partial charge is 0.209 e. The van der Waals surface area contributed by atoms with Crippen molar-refractivity contribution in [2.24, 2.45) is 0 Å². The van der Waals surface area contributed by atoms with Gasteiger partial charge in [0.05, 0.1) is 0 Å². The minimum absolute atomic E-state index is 0.486. The van der Waals surface area contributed by atoms with Crippen LogP contribution in [0.15, 0.2) is 54.6 Å². The lowest BCUT2D eigenvalue weighted by molar-refractivity contribution is -0.117. The van der Waals surface area contributed by atoms with Gasteiger partial charge in [-0.25, -0.2) is 0 Å². The van der Waals surface area contributed by atoms with Gasteiger partial charge in [-0.3, -0.25) is 4.79 Å². The van der Waals surface area contributed by atoms with Crippen LogP contribution in [0, 0.1) is 0 Å². The van der Waals surface area contributed by atoms with Crippen LogP contribution in [0.1, 0.15) is 29.0 Å². The van der Waals surface area contributed by atoms with Crippen LogP contribution in [0.3, 0.4) is 0 Å². The van der Waals surface area contributed by atoms with Crippen LogP contribution < -0.4 is 0 Å². The van der Waals surface area contributed by atoms with E-state index in [2.05, 4.69) is 48.5 Å². The number of amides is 1. The fraction of sp³-hybridized carbons (Fsp3) is 0.278. The van der Waals surface area contributed by atoms with E-state index in [1.54, 1.807) is 0 Å². The number of benzene rings is 2. The molecule has 0 radical (unpaired) electrons. The summed E-state index contributed by atoms with van der Waals surface area (Å²) in [6.07, 6.45) is 3.01. The molecule has 102 valence electrons. The molecule has 1 atom stereocenters. The third-order valence-corrected chi connectivity index (χ3v) is 4.10. The highest BCUT2D eigenvalue weighted by atomic mass is 16.1. The molecule has 1 saturated heterocycles. The van der Waals surface area contributed by atoms with Crippen LogP contribution in [-0.2, 0) is 11.2 Å². The zero-order valence-corrected chi connectivity index (χ0v) is 11.5. The van der Waals surface area contributed by atoms with Crippen LogP contribution >= 0.6 is 0 Å². The molecule has 0 aliphatic carbocycles. The normalized spacial score (nSPS) is 18.2. The van der Waals surface area contributed by atoms with Gasteiger partial charge in [-0.05, 0) is 29.5 Å². The number of nitrogens with zero attached hydrogens (tertiary/aromatic N) is 1. The largest absolute Gasteiger partial charge is 0.345 e. The van der Waals surface area contributed by atoms with Gasteiger partial charge in [0, 0.05) is 19.0 Å². The molecule has 0 N–H and O–H groups in total. The molecule has 2 aromatic carbocycles. The lowest BCUT2D eigenvalue weighted by Gasteiger charge is -2.16. The summed E-state index contributed by atoms with van der Waals surface area (Å²) in [6.45, 7) is 1.74. The fourth-order valence-electron chi connectivity index (χ4n) is 3.05. The Labute approximate surface area is 120 Å². The Balaban J connectivity index is 1.83. The van der Waals surface area contributed by atoms with Gasteiger partial charge in [0.1, 0.15) is 0 Å². The second-order valence-electron chi connectivity index (χ2n) is 5.45. The summed E-state index contributed by atoms with van der Waals surface area (Å²) in [7, 11) is 0. The minimum Gasteiger partial charge on any atom is -0.345 e. The number of hydrogen-bond acceptors (Lipinski definition) is 1. The molecule has 2 heteroatoms. The number of rotatable bonds is 4. The zero-order chi connectivity index (χ0) is 13.8. The first kappa shape index (κ1) is 12.9. The fourth-order valence-corrected chi connectivity index (χ4v) is 3.05. The Bertz CT molecular complexity index is 579. The average Bonchev–Trinajstić information content (AvgIpc) is 2.98. The van der Waals surface area contributed by atoms with Gasteiger partial charge < -0.3 is 4.90 Å². The molecule has 1 unspecified atom stereocenters. The van der Waals surface area contributed by atoms with Gasteiger partial charge in [0.25, 0.3) is 0 Å². The van der Waals surface area contributed by atoms with Crippen molar-refractivity contribution in [1.29, 1.82) is 0 Å². The predicted molar refractivity (Wildman–Crippen MR) is 80.7 cm³/mol. The van der Waals surface area contributed by atoms with E-state index in [1.807, 2.05) is 11.0 Å². The second-order valence-corrected chi connectivity index (χ2v) is 5.45. The third kappa shape index (κ3) is 2.74. The van der Waals surface area contributed by atoms with E-state index < -0.39 is 0 Å². The van der Waals surface area contributed by atoms with Crippen LogP contribution in [0.2, 0.25) is 0 Å². The zero-order valence-electron chi connectivity index (χ0n) is 11.5. The molecule has 1 fully saturated rings. The summed E-state index contributed by atoms with van der Waals surface area (Å²) in [5.74, 6) is 0.486. The maximum Gasteiger partial charge on any atom is 0.209 e. The van der Waals surface area contributed by atoms with E-state index >= 15 is 0 Å². The molecular weight excluding hydrogens is 246 g/mol. The predicted octanol–water partition coefficient (Wildman–Crippen LogP) is 3.22. The highest BCUT2D eigenvalue weighted by molar-refractivity contribution is 5.48. The van der Waals surface area contributed by atoms with E-state index in [9.17, 15) is 4.79 Å². The highest BCUT2D eigenvalue weighted by Crippen LogP contribution is 2.30. The first-order chi connectivity index (χ1) is 9.86. The summed E-state index contributed by atoms with van der Waals surface area (Å²) in [5.41, 5.74) is 4.13. The number of carbonyl (C=O) groups is 1. The number of likely N-dealkylation sites (tertiary alicyclic amines) is 1. The van der Waals surface area contributed by atoms with E-state index in [4.69, 9.17) is 0 Å². The minimum atomic E-state index is 0.486. The van der Waals surface area contributed by atoms with Gasteiger partial charge >= 0.3 is 0 Å². The van der Waals surface area contributed by atoms with Crippen LogP contribution in [0.5, 0.6) is 0 Å². The number of hydrogen-bond donors (Lipinski definition) is 0. The molecular formula is C18H19NO. The van der Waals surface area contributed by atoms with Gasteiger partial charge in [-0.1, -0.05) is 54.6 Å². The quantitative estimate of drug-likeness (QED) is 0.777. The second kappa shape index (κ2) is 5.91.